The van der Waals surface area contributed by atoms with E-state index in [1.807, 2.05) is 30.3 Å². The van der Waals surface area contributed by atoms with Crippen molar-refractivity contribution in [2.24, 2.45) is 0 Å². The van der Waals surface area contributed by atoms with Crippen LogP contribution in [0.4, 0.5) is 4.39 Å². The molecule has 0 spiro atoms. The van der Waals surface area contributed by atoms with Gasteiger partial charge in [0.25, 0.3) is 5.91 Å². The highest BCUT2D eigenvalue weighted by Gasteiger charge is 2.33. The zero-order chi connectivity index (χ0) is 15.8. The summed E-state index contributed by atoms with van der Waals surface area (Å²) in [6.45, 7) is 0.627. The SMILES string of the molecule is O=C(c1cc2ccccc2o1)N1CCS[C@@H]1c1cccc(F)c1. The number of fused-ring (bicyclic) bond motifs is 1. The number of halogens is 1. The van der Waals surface area contributed by atoms with Crippen LogP contribution in [0, 0.1) is 5.82 Å². The molecule has 23 heavy (non-hydrogen) atoms. The van der Waals surface area contributed by atoms with E-state index in [-0.39, 0.29) is 17.1 Å². The number of rotatable bonds is 2. The Hall–Kier alpha value is -2.27. The first-order valence-corrected chi connectivity index (χ1v) is 8.44. The van der Waals surface area contributed by atoms with Crippen LogP contribution < -0.4 is 0 Å². The van der Waals surface area contributed by atoms with Crippen molar-refractivity contribution in [1.29, 1.82) is 0 Å². The number of benzene rings is 2. The van der Waals surface area contributed by atoms with Crippen molar-refractivity contribution < 1.29 is 13.6 Å². The second kappa shape index (κ2) is 5.74. The molecule has 2 aromatic carbocycles. The number of furan rings is 1. The first kappa shape index (κ1) is 14.3. The minimum Gasteiger partial charge on any atom is -0.451 e. The highest BCUT2D eigenvalue weighted by Crippen LogP contribution is 2.39. The van der Waals surface area contributed by atoms with Gasteiger partial charge in [0.2, 0.25) is 0 Å². The van der Waals surface area contributed by atoms with Gasteiger partial charge in [-0.15, -0.1) is 11.8 Å². The lowest BCUT2D eigenvalue weighted by molar-refractivity contribution is 0.0730. The van der Waals surface area contributed by atoms with Gasteiger partial charge in [0, 0.05) is 17.7 Å². The quantitative estimate of drug-likeness (QED) is 0.697. The summed E-state index contributed by atoms with van der Waals surface area (Å²) in [5, 5.41) is 0.733. The monoisotopic (exact) mass is 327 g/mol. The fourth-order valence-electron chi connectivity index (χ4n) is 2.84. The van der Waals surface area contributed by atoms with Crippen LogP contribution in [0.1, 0.15) is 21.5 Å². The van der Waals surface area contributed by atoms with Crippen molar-refractivity contribution in [3.8, 4) is 0 Å². The van der Waals surface area contributed by atoms with E-state index >= 15 is 0 Å². The molecule has 0 bridgehead atoms. The smallest absolute Gasteiger partial charge is 0.290 e. The molecule has 1 atom stereocenters. The highest BCUT2D eigenvalue weighted by molar-refractivity contribution is 7.99. The Morgan fingerprint density at radius 3 is 2.87 bits per heavy atom. The van der Waals surface area contributed by atoms with Gasteiger partial charge in [-0.3, -0.25) is 4.79 Å². The predicted molar refractivity (Wildman–Crippen MR) is 88.8 cm³/mol. The molecule has 1 amide bonds. The molecular formula is C18H14FNO2S. The summed E-state index contributed by atoms with van der Waals surface area (Å²) in [5.41, 5.74) is 1.50. The predicted octanol–water partition coefficient (Wildman–Crippen LogP) is 4.46. The summed E-state index contributed by atoms with van der Waals surface area (Å²) >= 11 is 1.64. The molecule has 5 heteroatoms. The summed E-state index contributed by atoms with van der Waals surface area (Å²) in [7, 11) is 0. The first-order chi connectivity index (χ1) is 11.2. The van der Waals surface area contributed by atoms with Gasteiger partial charge < -0.3 is 9.32 Å². The van der Waals surface area contributed by atoms with E-state index in [9.17, 15) is 9.18 Å². The summed E-state index contributed by atoms with van der Waals surface area (Å²) in [6.07, 6.45) is 0. The van der Waals surface area contributed by atoms with Crippen LogP contribution >= 0.6 is 11.8 Å². The van der Waals surface area contributed by atoms with E-state index in [0.717, 1.165) is 16.7 Å². The third-order valence-electron chi connectivity index (χ3n) is 3.92. The lowest BCUT2D eigenvalue weighted by Gasteiger charge is -2.23. The molecular weight excluding hydrogens is 313 g/mol. The summed E-state index contributed by atoms with van der Waals surface area (Å²) in [5.74, 6) is 0.717. The van der Waals surface area contributed by atoms with Crippen LogP contribution in [-0.4, -0.2) is 23.1 Å². The van der Waals surface area contributed by atoms with Crippen molar-refractivity contribution in [2.45, 2.75) is 5.37 Å². The average molecular weight is 327 g/mol. The second-order valence-corrected chi connectivity index (χ2v) is 6.61. The van der Waals surface area contributed by atoms with Crippen LogP contribution in [0.2, 0.25) is 0 Å². The van der Waals surface area contributed by atoms with E-state index in [1.165, 1.54) is 12.1 Å². The molecule has 1 aliphatic heterocycles. The molecule has 0 saturated carbocycles. The Morgan fingerprint density at radius 1 is 1.17 bits per heavy atom. The van der Waals surface area contributed by atoms with E-state index in [0.29, 0.717) is 17.9 Å². The van der Waals surface area contributed by atoms with Crippen LogP contribution in [0.5, 0.6) is 0 Å². The van der Waals surface area contributed by atoms with E-state index in [2.05, 4.69) is 0 Å². The summed E-state index contributed by atoms with van der Waals surface area (Å²) in [4.78, 5) is 14.6. The number of nitrogens with zero attached hydrogens (tertiary/aromatic N) is 1. The zero-order valence-corrected chi connectivity index (χ0v) is 13.1. The van der Waals surface area contributed by atoms with E-state index in [4.69, 9.17) is 4.42 Å². The Kier molecular flexibility index (Phi) is 3.58. The van der Waals surface area contributed by atoms with Gasteiger partial charge in [-0.05, 0) is 29.8 Å². The Morgan fingerprint density at radius 2 is 2.04 bits per heavy atom. The third-order valence-corrected chi connectivity index (χ3v) is 5.18. The standard InChI is InChI=1S/C18H14FNO2S/c19-14-6-3-5-13(10-14)18-20(8-9-23-18)17(21)16-11-12-4-1-2-7-15(12)22-16/h1-7,10-11,18H,8-9H2/t18-/m1/s1. The van der Waals surface area contributed by atoms with Gasteiger partial charge in [0.1, 0.15) is 16.8 Å². The van der Waals surface area contributed by atoms with Crippen molar-refractivity contribution in [3.63, 3.8) is 0 Å². The van der Waals surface area contributed by atoms with Crippen LogP contribution in [0.3, 0.4) is 0 Å². The number of hydrogen-bond acceptors (Lipinski definition) is 3. The summed E-state index contributed by atoms with van der Waals surface area (Å²) in [6, 6.07) is 15.7. The number of amides is 1. The lowest BCUT2D eigenvalue weighted by atomic mass is 10.2. The molecule has 4 rings (SSSR count). The molecule has 2 heterocycles. The molecule has 0 radical (unpaired) electrons. The highest BCUT2D eigenvalue weighted by atomic mass is 32.2. The number of carbonyl (C=O) groups excluding carboxylic acids is 1. The fourth-order valence-corrected chi connectivity index (χ4v) is 4.09. The van der Waals surface area contributed by atoms with Gasteiger partial charge >= 0.3 is 0 Å². The molecule has 0 aliphatic carbocycles. The molecule has 1 saturated heterocycles. The van der Waals surface area contributed by atoms with Gasteiger partial charge in [-0.25, -0.2) is 4.39 Å². The lowest BCUT2D eigenvalue weighted by Crippen LogP contribution is -2.30. The van der Waals surface area contributed by atoms with Crippen LogP contribution in [0.25, 0.3) is 11.0 Å². The maximum atomic E-state index is 13.5. The molecule has 116 valence electrons. The molecule has 0 unspecified atom stereocenters. The Labute approximate surface area is 137 Å². The molecule has 3 aromatic rings. The molecule has 3 nitrogen and oxygen atoms in total. The maximum Gasteiger partial charge on any atom is 0.290 e. The van der Waals surface area contributed by atoms with E-state index in [1.54, 1.807) is 28.8 Å². The van der Waals surface area contributed by atoms with Gasteiger partial charge in [0.15, 0.2) is 5.76 Å². The van der Waals surface area contributed by atoms with Crippen molar-refractivity contribution in [2.75, 3.05) is 12.3 Å². The van der Waals surface area contributed by atoms with Gasteiger partial charge in [-0.2, -0.15) is 0 Å². The number of para-hydroxylation sites is 1. The van der Waals surface area contributed by atoms with Gasteiger partial charge in [0.05, 0.1) is 0 Å². The van der Waals surface area contributed by atoms with Crippen LogP contribution in [-0.2, 0) is 0 Å². The molecule has 0 N–H and O–H groups in total. The van der Waals surface area contributed by atoms with Crippen molar-refractivity contribution in [3.05, 3.63) is 71.7 Å². The number of hydrogen-bond donors (Lipinski definition) is 0. The molecule has 1 aliphatic rings. The topological polar surface area (TPSA) is 33.5 Å². The minimum atomic E-state index is -0.286. The van der Waals surface area contributed by atoms with Gasteiger partial charge in [-0.1, -0.05) is 30.3 Å². The maximum absolute atomic E-state index is 13.5. The van der Waals surface area contributed by atoms with Crippen molar-refractivity contribution >= 4 is 28.6 Å². The number of thioether (sulfide) groups is 1. The minimum absolute atomic E-state index is 0.152. The number of carbonyl (C=O) groups is 1. The van der Waals surface area contributed by atoms with Crippen LogP contribution in [0.15, 0.2) is 59.0 Å². The average Bonchev–Trinajstić information content (AvgIpc) is 3.21. The third kappa shape index (κ3) is 2.61. The Bertz CT molecular complexity index is 843. The van der Waals surface area contributed by atoms with E-state index < -0.39 is 0 Å². The largest absolute Gasteiger partial charge is 0.451 e. The normalized spacial score (nSPS) is 17.8. The van der Waals surface area contributed by atoms with Crippen molar-refractivity contribution in [1.82, 2.24) is 4.90 Å². The molecule has 1 aromatic heterocycles. The zero-order valence-electron chi connectivity index (χ0n) is 12.2. The summed E-state index contributed by atoms with van der Waals surface area (Å²) < 4.78 is 19.2. The first-order valence-electron chi connectivity index (χ1n) is 7.39. The second-order valence-electron chi connectivity index (χ2n) is 5.43. The molecule has 1 fully saturated rings. The fraction of sp³-hybridized carbons (Fsp3) is 0.167. The Balaban J connectivity index is 1.66.